The molecule has 1 aromatic carbocycles. The van der Waals surface area contributed by atoms with Gasteiger partial charge in [0.05, 0.1) is 0 Å². The van der Waals surface area contributed by atoms with Crippen LogP contribution in [0.3, 0.4) is 0 Å². The molecule has 1 nitrogen and oxygen atoms in total. The number of anilines is 1. The molecule has 17 heavy (non-hydrogen) atoms. The van der Waals surface area contributed by atoms with Gasteiger partial charge in [0.15, 0.2) is 0 Å². The van der Waals surface area contributed by atoms with E-state index in [-0.39, 0.29) is 0 Å². The largest absolute Gasteiger partial charge is 0.382 e. The van der Waals surface area contributed by atoms with Crippen LogP contribution in [0.15, 0.2) is 24.3 Å². The quantitative estimate of drug-likeness (QED) is 0.666. The van der Waals surface area contributed by atoms with Crippen LogP contribution in [0.4, 0.5) is 5.69 Å². The number of fused-ring (bicyclic) bond motifs is 1. The molecule has 1 heteroatoms. The minimum Gasteiger partial charge on any atom is -0.382 e. The maximum absolute atomic E-state index is 3.64. The Hall–Kier alpha value is -0.980. The summed E-state index contributed by atoms with van der Waals surface area (Å²) in [4.78, 5) is 0. The monoisotopic (exact) mass is 231 g/mol. The van der Waals surface area contributed by atoms with Gasteiger partial charge in [0.2, 0.25) is 0 Å². The SMILES string of the molecule is CCCCCCCCC1Cc2ccccc2N1. The van der Waals surface area contributed by atoms with Gasteiger partial charge in [-0.05, 0) is 24.5 Å². The molecule has 0 spiro atoms. The Balaban J connectivity index is 1.60. The van der Waals surface area contributed by atoms with E-state index in [0.29, 0.717) is 6.04 Å². The summed E-state index contributed by atoms with van der Waals surface area (Å²) < 4.78 is 0. The smallest absolute Gasteiger partial charge is 0.0375 e. The average Bonchev–Trinajstić information content (AvgIpc) is 2.76. The summed E-state index contributed by atoms with van der Waals surface area (Å²) >= 11 is 0. The Bertz CT molecular complexity index is 307. The van der Waals surface area contributed by atoms with E-state index in [1.54, 1.807) is 0 Å². The summed E-state index contributed by atoms with van der Waals surface area (Å²) in [7, 11) is 0. The molecule has 2 rings (SSSR count). The minimum absolute atomic E-state index is 0.693. The van der Waals surface area contributed by atoms with E-state index in [1.807, 2.05) is 0 Å². The maximum Gasteiger partial charge on any atom is 0.0375 e. The second kappa shape index (κ2) is 6.68. The van der Waals surface area contributed by atoms with E-state index in [4.69, 9.17) is 0 Å². The number of hydrogen-bond acceptors (Lipinski definition) is 1. The molecule has 0 amide bonds. The van der Waals surface area contributed by atoms with E-state index < -0.39 is 0 Å². The van der Waals surface area contributed by atoms with Gasteiger partial charge in [-0.15, -0.1) is 0 Å². The molecule has 1 unspecified atom stereocenters. The Morgan fingerprint density at radius 3 is 2.65 bits per heavy atom. The van der Waals surface area contributed by atoms with Crippen molar-refractivity contribution >= 4 is 5.69 Å². The summed E-state index contributed by atoms with van der Waals surface area (Å²) in [6.07, 6.45) is 11.0. The molecule has 0 fully saturated rings. The third kappa shape index (κ3) is 3.76. The molecule has 0 saturated heterocycles. The molecule has 0 radical (unpaired) electrons. The van der Waals surface area contributed by atoms with Gasteiger partial charge in [0.1, 0.15) is 0 Å². The van der Waals surface area contributed by atoms with Gasteiger partial charge in [0, 0.05) is 11.7 Å². The molecule has 1 N–H and O–H groups in total. The van der Waals surface area contributed by atoms with Gasteiger partial charge in [-0.3, -0.25) is 0 Å². The van der Waals surface area contributed by atoms with Crippen molar-refractivity contribution in [3.63, 3.8) is 0 Å². The van der Waals surface area contributed by atoms with Gasteiger partial charge < -0.3 is 5.32 Å². The zero-order valence-electron chi connectivity index (χ0n) is 11.0. The van der Waals surface area contributed by atoms with Crippen molar-refractivity contribution < 1.29 is 0 Å². The summed E-state index contributed by atoms with van der Waals surface area (Å²) in [6.45, 7) is 2.28. The van der Waals surface area contributed by atoms with Crippen LogP contribution in [0.5, 0.6) is 0 Å². The fourth-order valence-corrected chi connectivity index (χ4v) is 2.72. The third-order valence-corrected chi connectivity index (χ3v) is 3.75. The normalized spacial score (nSPS) is 17.8. The van der Waals surface area contributed by atoms with E-state index in [9.17, 15) is 0 Å². The molecular formula is C16H25N. The lowest BCUT2D eigenvalue weighted by atomic mass is 10.0. The fraction of sp³-hybridized carbons (Fsp3) is 0.625. The minimum atomic E-state index is 0.693. The maximum atomic E-state index is 3.64. The highest BCUT2D eigenvalue weighted by Gasteiger charge is 2.18. The van der Waals surface area contributed by atoms with E-state index in [1.165, 1.54) is 62.6 Å². The van der Waals surface area contributed by atoms with Crippen molar-refractivity contribution in [1.82, 2.24) is 0 Å². The molecule has 0 bridgehead atoms. The van der Waals surface area contributed by atoms with Crippen LogP contribution in [0.2, 0.25) is 0 Å². The molecule has 0 aromatic heterocycles. The molecule has 1 aliphatic heterocycles. The second-order valence-corrected chi connectivity index (χ2v) is 5.26. The van der Waals surface area contributed by atoms with Crippen molar-refractivity contribution in [1.29, 1.82) is 0 Å². The molecule has 0 saturated carbocycles. The van der Waals surface area contributed by atoms with E-state index in [0.717, 1.165) is 0 Å². The van der Waals surface area contributed by atoms with Crippen LogP contribution in [0.1, 0.15) is 57.4 Å². The van der Waals surface area contributed by atoms with Crippen molar-refractivity contribution in [3.8, 4) is 0 Å². The lowest BCUT2D eigenvalue weighted by molar-refractivity contribution is 0.558. The van der Waals surface area contributed by atoms with E-state index >= 15 is 0 Å². The first kappa shape index (κ1) is 12.5. The fourth-order valence-electron chi connectivity index (χ4n) is 2.72. The first-order valence-corrected chi connectivity index (χ1v) is 7.24. The van der Waals surface area contributed by atoms with Crippen LogP contribution in [-0.4, -0.2) is 6.04 Å². The Morgan fingerprint density at radius 1 is 1.06 bits per heavy atom. The number of nitrogens with one attached hydrogen (secondary N) is 1. The number of benzene rings is 1. The number of para-hydroxylation sites is 1. The average molecular weight is 231 g/mol. The van der Waals surface area contributed by atoms with Crippen LogP contribution in [-0.2, 0) is 6.42 Å². The Labute approximate surface area is 106 Å². The third-order valence-electron chi connectivity index (χ3n) is 3.75. The highest BCUT2D eigenvalue weighted by atomic mass is 14.9. The molecule has 1 aliphatic rings. The summed E-state index contributed by atoms with van der Waals surface area (Å²) in [5.41, 5.74) is 2.87. The van der Waals surface area contributed by atoms with Crippen LogP contribution in [0, 0.1) is 0 Å². The van der Waals surface area contributed by atoms with Crippen LogP contribution in [0.25, 0.3) is 0 Å². The van der Waals surface area contributed by atoms with Crippen molar-refractivity contribution in [2.24, 2.45) is 0 Å². The van der Waals surface area contributed by atoms with Gasteiger partial charge in [-0.2, -0.15) is 0 Å². The summed E-state index contributed by atoms with van der Waals surface area (Å²) in [5, 5.41) is 3.64. The predicted octanol–water partition coefficient (Wildman–Crippen LogP) is 4.77. The lowest BCUT2D eigenvalue weighted by Crippen LogP contribution is -2.14. The van der Waals surface area contributed by atoms with Gasteiger partial charge in [-0.1, -0.05) is 63.6 Å². The van der Waals surface area contributed by atoms with Crippen LogP contribution >= 0.6 is 0 Å². The van der Waals surface area contributed by atoms with Crippen LogP contribution < -0.4 is 5.32 Å². The molecule has 1 heterocycles. The molecule has 1 aromatic rings. The second-order valence-electron chi connectivity index (χ2n) is 5.26. The predicted molar refractivity (Wildman–Crippen MR) is 75.5 cm³/mol. The molecular weight excluding hydrogens is 206 g/mol. The van der Waals surface area contributed by atoms with Gasteiger partial charge in [-0.25, -0.2) is 0 Å². The number of unbranched alkanes of at least 4 members (excludes halogenated alkanes) is 5. The topological polar surface area (TPSA) is 12.0 Å². The zero-order chi connectivity index (χ0) is 11.9. The van der Waals surface area contributed by atoms with Crippen molar-refractivity contribution in [2.45, 2.75) is 64.3 Å². The number of hydrogen-bond donors (Lipinski definition) is 1. The zero-order valence-corrected chi connectivity index (χ0v) is 11.0. The van der Waals surface area contributed by atoms with E-state index in [2.05, 4.69) is 36.5 Å². The molecule has 94 valence electrons. The highest BCUT2D eigenvalue weighted by Crippen LogP contribution is 2.27. The van der Waals surface area contributed by atoms with Crippen molar-refractivity contribution in [2.75, 3.05) is 5.32 Å². The highest BCUT2D eigenvalue weighted by molar-refractivity contribution is 5.56. The number of rotatable bonds is 7. The first-order chi connectivity index (χ1) is 8.40. The van der Waals surface area contributed by atoms with Gasteiger partial charge in [0.25, 0.3) is 0 Å². The summed E-state index contributed by atoms with van der Waals surface area (Å²) in [5.74, 6) is 0. The Morgan fingerprint density at radius 2 is 1.82 bits per heavy atom. The molecule has 0 aliphatic carbocycles. The summed E-state index contributed by atoms with van der Waals surface area (Å²) in [6, 6.07) is 9.42. The first-order valence-electron chi connectivity index (χ1n) is 7.24. The standard InChI is InChI=1S/C16H25N/c1-2-3-4-5-6-7-11-15-13-14-10-8-9-12-16(14)17-15/h8-10,12,15,17H,2-7,11,13H2,1H3. The van der Waals surface area contributed by atoms with Crippen molar-refractivity contribution in [3.05, 3.63) is 29.8 Å². The van der Waals surface area contributed by atoms with Gasteiger partial charge >= 0.3 is 0 Å². The molecule has 1 atom stereocenters. The lowest BCUT2D eigenvalue weighted by Gasteiger charge is -2.10. The Kier molecular flexibility index (Phi) is 4.90.